The minimum Gasteiger partial charge on any atom is -0.326 e. The Morgan fingerprint density at radius 1 is 1.15 bits per heavy atom. The molecule has 3 aromatic rings. The number of fused-ring (bicyclic) bond motifs is 1. The highest BCUT2D eigenvalue weighted by molar-refractivity contribution is 7.94. The van der Waals surface area contributed by atoms with Crippen molar-refractivity contribution >= 4 is 38.6 Å². The maximum atomic E-state index is 12.5. The first-order valence-electron chi connectivity index (χ1n) is 9.00. The Hall–Kier alpha value is -2.38. The van der Waals surface area contributed by atoms with Gasteiger partial charge >= 0.3 is 0 Å². The smallest absolute Gasteiger partial charge is 0.271 e. The quantitative estimate of drug-likeness (QED) is 0.682. The van der Waals surface area contributed by atoms with Gasteiger partial charge in [-0.3, -0.25) is 4.72 Å². The Bertz CT molecular complexity index is 1040. The number of nitrogens with zero attached hydrogens (tertiary/aromatic N) is 2. The summed E-state index contributed by atoms with van der Waals surface area (Å²) in [6.07, 6.45) is 4.56. The van der Waals surface area contributed by atoms with Crippen LogP contribution in [-0.4, -0.2) is 19.9 Å². The van der Waals surface area contributed by atoms with Crippen molar-refractivity contribution in [2.24, 2.45) is 0 Å². The van der Waals surface area contributed by atoms with Crippen LogP contribution in [0.2, 0.25) is 0 Å². The van der Waals surface area contributed by atoms with Crippen molar-refractivity contribution in [2.75, 3.05) is 16.2 Å². The van der Waals surface area contributed by atoms with E-state index >= 15 is 0 Å². The molecule has 0 fully saturated rings. The molecule has 0 amide bonds. The van der Waals surface area contributed by atoms with Gasteiger partial charge in [0.05, 0.1) is 11.9 Å². The van der Waals surface area contributed by atoms with Crippen molar-refractivity contribution in [3.63, 3.8) is 0 Å². The molecule has 2 aromatic heterocycles. The van der Waals surface area contributed by atoms with Crippen LogP contribution < -0.4 is 9.62 Å². The summed E-state index contributed by atoms with van der Waals surface area (Å²) in [6, 6.07) is 15.5. The summed E-state index contributed by atoms with van der Waals surface area (Å²) in [5, 5.41) is 0. The largest absolute Gasteiger partial charge is 0.326 e. The molecule has 0 bridgehead atoms. The van der Waals surface area contributed by atoms with Crippen molar-refractivity contribution in [2.45, 2.75) is 30.4 Å². The van der Waals surface area contributed by atoms with Crippen molar-refractivity contribution in [1.29, 1.82) is 0 Å². The standard InChI is InChI=1S/C20H21N3O2S2/c1-2-17-10-12-20(26-17)27(24,25)22-16-9-11-19(21-14-16)23-13-5-7-15-6-3-4-8-18(15)23/h3-4,6,8-12,14,22H,2,5,7,13H2,1H3. The Morgan fingerprint density at radius 2 is 2.00 bits per heavy atom. The summed E-state index contributed by atoms with van der Waals surface area (Å²) in [5.41, 5.74) is 2.96. The van der Waals surface area contributed by atoms with E-state index in [2.05, 4.69) is 32.8 Å². The number of pyridine rings is 1. The molecule has 4 rings (SSSR count). The van der Waals surface area contributed by atoms with Crippen molar-refractivity contribution in [3.8, 4) is 0 Å². The summed E-state index contributed by atoms with van der Waals surface area (Å²) in [7, 11) is -3.57. The van der Waals surface area contributed by atoms with Gasteiger partial charge in [0.15, 0.2) is 0 Å². The van der Waals surface area contributed by atoms with Gasteiger partial charge < -0.3 is 4.90 Å². The number of thiophene rings is 1. The Balaban J connectivity index is 1.55. The fourth-order valence-corrected chi connectivity index (χ4v) is 5.61. The van der Waals surface area contributed by atoms with E-state index in [0.29, 0.717) is 9.90 Å². The first kappa shape index (κ1) is 18.0. The monoisotopic (exact) mass is 399 g/mol. The third kappa shape index (κ3) is 3.70. The van der Waals surface area contributed by atoms with Crippen molar-refractivity contribution < 1.29 is 8.42 Å². The molecular weight excluding hydrogens is 378 g/mol. The van der Waals surface area contributed by atoms with Crippen molar-refractivity contribution in [3.05, 3.63) is 65.2 Å². The molecule has 0 radical (unpaired) electrons. The molecule has 0 atom stereocenters. The van der Waals surface area contributed by atoms with E-state index in [1.807, 2.05) is 25.1 Å². The molecule has 0 spiro atoms. The Morgan fingerprint density at radius 3 is 2.74 bits per heavy atom. The van der Waals surface area contributed by atoms with Crippen LogP contribution in [0.15, 0.2) is 58.9 Å². The molecule has 0 aliphatic carbocycles. The van der Waals surface area contributed by atoms with E-state index in [-0.39, 0.29) is 0 Å². The Kier molecular flexibility index (Phi) is 4.88. The molecule has 0 unspecified atom stereocenters. The van der Waals surface area contributed by atoms with Gasteiger partial charge in [-0.25, -0.2) is 13.4 Å². The summed E-state index contributed by atoms with van der Waals surface area (Å²) in [6.45, 7) is 2.92. The van der Waals surface area contributed by atoms with E-state index in [0.717, 1.165) is 36.5 Å². The number of anilines is 3. The zero-order chi connectivity index (χ0) is 18.9. The number of para-hydroxylation sites is 1. The zero-order valence-corrected chi connectivity index (χ0v) is 16.7. The number of sulfonamides is 1. The second-order valence-corrected chi connectivity index (χ2v) is 9.55. The van der Waals surface area contributed by atoms with Gasteiger partial charge in [0, 0.05) is 17.1 Å². The maximum Gasteiger partial charge on any atom is 0.271 e. The Labute approximate surface area is 163 Å². The predicted octanol–water partition coefficient (Wildman–Crippen LogP) is 4.59. The van der Waals surface area contributed by atoms with Crippen LogP contribution in [0, 0.1) is 0 Å². The number of hydrogen-bond acceptors (Lipinski definition) is 5. The number of hydrogen-bond donors (Lipinski definition) is 1. The molecule has 7 heteroatoms. The first-order chi connectivity index (χ1) is 13.1. The first-order valence-corrected chi connectivity index (χ1v) is 11.3. The molecular formula is C20H21N3O2S2. The van der Waals surface area contributed by atoms with Gasteiger partial charge in [0.2, 0.25) is 0 Å². The number of nitrogens with one attached hydrogen (secondary N) is 1. The molecule has 1 aromatic carbocycles. The molecule has 140 valence electrons. The minimum atomic E-state index is -3.57. The topological polar surface area (TPSA) is 62.3 Å². The maximum absolute atomic E-state index is 12.5. The lowest BCUT2D eigenvalue weighted by Gasteiger charge is -2.30. The van der Waals surface area contributed by atoms with Gasteiger partial charge in [-0.1, -0.05) is 25.1 Å². The fraction of sp³-hybridized carbons (Fsp3) is 0.250. The number of benzene rings is 1. The van der Waals surface area contributed by atoms with Crippen LogP contribution in [0.5, 0.6) is 0 Å². The summed E-state index contributed by atoms with van der Waals surface area (Å²) in [5.74, 6) is 0.828. The highest BCUT2D eigenvalue weighted by atomic mass is 32.2. The molecule has 5 nitrogen and oxygen atoms in total. The molecule has 1 N–H and O–H groups in total. The summed E-state index contributed by atoms with van der Waals surface area (Å²) in [4.78, 5) is 7.74. The van der Waals surface area contributed by atoms with E-state index < -0.39 is 10.0 Å². The van der Waals surface area contributed by atoms with Crippen LogP contribution >= 0.6 is 11.3 Å². The van der Waals surface area contributed by atoms with E-state index in [1.54, 1.807) is 18.3 Å². The zero-order valence-electron chi connectivity index (χ0n) is 15.1. The third-order valence-electron chi connectivity index (χ3n) is 4.64. The molecule has 3 heterocycles. The second-order valence-electron chi connectivity index (χ2n) is 6.47. The lowest BCUT2D eigenvalue weighted by Crippen LogP contribution is -2.25. The second kappa shape index (κ2) is 7.32. The highest BCUT2D eigenvalue weighted by Gasteiger charge is 2.20. The van der Waals surface area contributed by atoms with Gasteiger partial charge in [-0.15, -0.1) is 11.3 Å². The van der Waals surface area contributed by atoms with Crippen LogP contribution in [0.3, 0.4) is 0 Å². The minimum absolute atomic E-state index is 0.327. The van der Waals surface area contributed by atoms with Crippen LogP contribution in [0.4, 0.5) is 17.2 Å². The lowest BCUT2D eigenvalue weighted by molar-refractivity contribution is 0.603. The van der Waals surface area contributed by atoms with E-state index in [4.69, 9.17) is 0 Å². The fourth-order valence-electron chi connectivity index (χ4n) is 3.28. The van der Waals surface area contributed by atoms with Crippen LogP contribution in [0.1, 0.15) is 23.8 Å². The molecule has 27 heavy (non-hydrogen) atoms. The number of rotatable bonds is 5. The average molecular weight is 400 g/mol. The van der Waals surface area contributed by atoms with Gasteiger partial charge in [0.1, 0.15) is 10.0 Å². The van der Waals surface area contributed by atoms with Gasteiger partial charge in [-0.05, 0) is 55.2 Å². The summed E-state index contributed by atoms with van der Waals surface area (Å²) < 4.78 is 28.0. The lowest BCUT2D eigenvalue weighted by atomic mass is 10.0. The van der Waals surface area contributed by atoms with Crippen molar-refractivity contribution in [1.82, 2.24) is 4.98 Å². The molecule has 0 saturated carbocycles. The molecule has 0 saturated heterocycles. The third-order valence-corrected chi connectivity index (χ3v) is 7.74. The average Bonchev–Trinajstić information content (AvgIpc) is 3.18. The normalized spacial score (nSPS) is 14.0. The number of aryl methyl sites for hydroxylation is 2. The van der Waals surface area contributed by atoms with Crippen LogP contribution in [-0.2, 0) is 22.9 Å². The predicted molar refractivity (Wildman–Crippen MR) is 111 cm³/mol. The van der Waals surface area contributed by atoms with Crippen LogP contribution in [0.25, 0.3) is 0 Å². The molecule has 1 aliphatic rings. The molecule has 1 aliphatic heterocycles. The SMILES string of the molecule is CCc1ccc(S(=O)(=O)Nc2ccc(N3CCCc4ccccc43)nc2)s1. The highest BCUT2D eigenvalue weighted by Crippen LogP contribution is 2.32. The summed E-state index contributed by atoms with van der Waals surface area (Å²) >= 11 is 1.30. The van der Waals surface area contributed by atoms with Gasteiger partial charge in [0.25, 0.3) is 10.0 Å². The van der Waals surface area contributed by atoms with E-state index in [1.165, 1.54) is 22.6 Å². The number of aromatic nitrogens is 1. The van der Waals surface area contributed by atoms with Gasteiger partial charge in [-0.2, -0.15) is 0 Å². The van der Waals surface area contributed by atoms with E-state index in [9.17, 15) is 8.42 Å².